The van der Waals surface area contributed by atoms with Crippen LogP contribution in [0.2, 0.25) is 0 Å². The van der Waals surface area contributed by atoms with E-state index in [0.717, 1.165) is 10.9 Å². The Bertz CT molecular complexity index is 855. The van der Waals surface area contributed by atoms with Gasteiger partial charge in [-0.25, -0.2) is 0 Å². The zero-order valence-corrected chi connectivity index (χ0v) is 13.4. The Morgan fingerprint density at radius 3 is 2.92 bits per heavy atom. The summed E-state index contributed by atoms with van der Waals surface area (Å²) in [6, 6.07) is 8.86. The summed E-state index contributed by atoms with van der Waals surface area (Å²) in [7, 11) is 0. The maximum absolute atomic E-state index is 12.6. The number of ether oxygens (including phenoxy) is 1. The third-order valence-electron chi connectivity index (χ3n) is 3.71. The molecule has 1 N–H and O–H groups in total. The number of aromatic nitrogens is 1. The van der Waals surface area contributed by atoms with E-state index in [4.69, 9.17) is 9.15 Å². The highest BCUT2D eigenvalue weighted by Crippen LogP contribution is 2.29. The minimum absolute atomic E-state index is 0.134. The Hall–Kier alpha value is -3.08. The number of hydrogen-bond acceptors (Lipinski definition) is 4. The van der Waals surface area contributed by atoms with E-state index in [0.29, 0.717) is 23.5 Å². The molecule has 3 rings (SSSR count). The summed E-state index contributed by atoms with van der Waals surface area (Å²) < 4.78 is 11.1. The first kappa shape index (κ1) is 15.8. The number of carbonyl (C=O) groups is 1. The number of pyridine rings is 1. The van der Waals surface area contributed by atoms with Crippen molar-refractivity contribution in [1.82, 2.24) is 10.3 Å². The highest BCUT2D eigenvalue weighted by molar-refractivity contribution is 5.99. The van der Waals surface area contributed by atoms with Crippen molar-refractivity contribution in [3.05, 3.63) is 72.8 Å². The Morgan fingerprint density at radius 1 is 1.38 bits per heavy atom. The van der Waals surface area contributed by atoms with E-state index in [2.05, 4.69) is 16.9 Å². The molecule has 5 nitrogen and oxygen atoms in total. The monoisotopic (exact) mass is 322 g/mol. The van der Waals surface area contributed by atoms with Gasteiger partial charge in [0.15, 0.2) is 0 Å². The molecule has 122 valence electrons. The number of nitrogens with zero attached hydrogens (tertiary/aromatic N) is 1. The van der Waals surface area contributed by atoms with Crippen molar-refractivity contribution in [2.45, 2.75) is 13.0 Å². The highest BCUT2D eigenvalue weighted by Gasteiger charge is 2.15. The zero-order valence-electron chi connectivity index (χ0n) is 13.4. The lowest BCUT2D eigenvalue weighted by molar-refractivity contribution is 0.0939. The van der Waals surface area contributed by atoms with Crippen LogP contribution in [0.15, 0.2) is 66.1 Å². The molecule has 0 saturated carbocycles. The third-order valence-corrected chi connectivity index (χ3v) is 3.71. The maximum atomic E-state index is 12.6. The summed E-state index contributed by atoms with van der Waals surface area (Å²) in [5.74, 6) is 0.406. The maximum Gasteiger partial charge on any atom is 0.252 e. The van der Waals surface area contributed by atoms with Crippen LogP contribution in [-0.2, 0) is 0 Å². The molecular formula is C19H18N2O3. The first-order valence-corrected chi connectivity index (χ1v) is 7.65. The molecule has 0 aliphatic rings. The van der Waals surface area contributed by atoms with Gasteiger partial charge in [0, 0.05) is 18.0 Å². The lowest BCUT2D eigenvalue weighted by Crippen LogP contribution is -2.26. The first-order chi connectivity index (χ1) is 11.7. The molecule has 0 aliphatic heterocycles. The van der Waals surface area contributed by atoms with Gasteiger partial charge in [-0.3, -0.25) is 9.78 Å². The van der Waals surface area contributed by atoms with Gasteiger partial charge < -0.3 is 14.5 Å². The molecule has 0 bridgehead atoms. The second-order valence-electron chi connectivity index (χ2n) is 5.38. The average Bonchev–Trinajstić information content (AvgIpc) is 3.09. The van der Waals surface area contributed by atoms with Crippen LogP contribution in [0.1, 0.15) is 28.9 Å². The van der Waals surface area contributed by atoms with E-state index in [1.807, 2.05) is 25.1 Å². The molecule has 0 spiro atoms. The standard InChI is InChI=1S/C19H18N2O3/c1-3-9-23-17-11-15(12-18-16(17)6-10-24-18)19(22)21-13(2)14-4-7-20-8-5-14/h3-8,10-13H,1,9H2,2H3,(H,21,22)/t13-/m0/s1. The van der Waals surface area contributed by atoms with Crippen LogP contribution in [0.5, 0.6) is 5.75 Å². The van der Waals surface area contributed by atoms with E-state index < -0.39 is 0 Å². The molecule has 0 saturated heterocycles. The smallest absolute Gasteiger partial charge is 0.252 e. The molecule has 1 amide bonds. The van der Waals surface area contributed by atoms with Crippen molar-refractivity contribution in [2.75, 3.05) is 6.61 Å². The summed E-state index contributed by atoms with van der Waals surface area (Å²) >= 11 is 0. The predicted octanol–water partition coefficient (Wildman–Crippen LogP) is 3.88. The molecule has 2 aromatic heterocycles. The summed E-state index contributed by atoms with van der Waals surface area (Å²) in [5.41, 5.74) is 2.08. The average molecular weight is 322 g/mol. The Balaban J connectivity index is 1.85. The van der Waals surface area contributed by atoms with Crippen molar-refractivity contribution >= 4 is 16.9 Å². The van der Waals surface area contributed by atoms with E-state index >= 15 is 0 Å². The number of hydrogen-bond donors (Lipinski definition) is 1. The molecule has 5 heteroatoms. The summed E-state index contributed by atoms with van der Waals surface area (Å²) in [6.45, 7) is 5.93. The van der Waals surface area contributed by atoms with Crippen LogP contribution >= 0.6 is 0 Å². The minimum Gasteiger partial charge on any atom is -0.489 e. The predicted molar refractivity (Wildman–Crippen MR) is 92.0 cm³/mol. The Kier molecular flexibility index (Phi) is 4.61. The molecular weight excluding hydrogens is 304 g/mol. The van der Waals surface area contributed by atoms with Crippen LogP contribution in [0, 0.1) is 0 Å². The largest absolute Gasteiger partial charge is 0.489 e. The van der Waals surface area contributed by atoms with E-state index in [9.17, 15) is 4.79 Å². The first-order valence-electron chi connectivity index (χ1n) is 7.65. The van der Waals surface area contributed by atoms with E-state index in [1.165, 1.54) is 0 Å². The summed E-state index contributed by atoms with van der Waals surface area (Å²) in [5, 5.41) is 3.80. The fraction of sp³-hybridized carbons (Fsp3) is 0.158. The highest BCUT2D eigenvalue weighted by atomic mass is 16.5. The summed E-state index contributed by atoms with van der Waals surface area (Å²) in [6.07, 6.45) is 6.64. The molecule has 1 aromatic carbocycles. The molecule has 0 fully saturated rings. The SMILES string of the molecule is C=CCOc1cc(C(=O)N[C@@H](C)c2ccncc2)cc2occc12. The van der Waals surface area contributed by atoms with Crippen molar-refractivity contribution < 1.29 is 13.9 Å². The van der Waals surface area contributed by atoms with Gasteiger partial charge in [0.25, 0.3) is 5.91 Å². The van der Waals surface area contributed by atoms with Gasteiger partial charge in [0.1, 0.15) is 17.9 Å². The Labute approximate surface area is 140 Å². The van der Waals surface area contributed by atoms with Crippen LogP contribution in [0.25, 0.3) is 11.0 Å². The van der Waals surface area contributed by atoms with Gasteiger partial charge in [-0.1, -0.05) is 12.7 Å². The normalized spacial score (nSPS) is 11.9. The van der Waals surface area contributed by atoms with Gasteiger partial charge in [0.2, 0.25) is 0 Å². The second kappa shape index (κ2) is 7.00. The van der Waals surface area contributed by atoms with Crippen molar-refractivity contribution in [2.24, 2.45) is 0 Å². The lowest BCUT2D eigenvalue weighted by Gasteiger charge is -2.15. The van der Waals surface area contributed by atoms with Crippen molar-refractivity contribution in [3.8, 4) is 5.75 Å². The molecule has 2 heterocycles. The van der Waals surface area contributed by atoms with Gasteiger partial charge in [0.05, 0.1) is 17.7 Å². The van der Waals surface area contributed by atoms with Crippen LogP contribution in [0.3, 0.4) is 0 Å². The molecule has 0 radical (unpaired) electrons. The quantitative estimate of drug-likeness (QED) is 0.699. The second-order valence-corrected chi connectivity index (χ2v) is 5.38. The molecule has 0 unspecified atom stereocenters. The van der Waals surface area contributed by atoms with Gasteiger partial charge in [-0.2, -0.15) is 0 Å². The van der Waals surface area contributed by atoms with Crippen LogP contribution < -0.4 is 10.1 Å². The number of fused-ring (bicyclic) bond motifs is 1. The topological polar surface area (TPSA) is 64.4 Å². The van der Waals surface area contributed by atoms with Gasteiger partial charge in [-0.15, -0.1) is 0 Å². The number of nitrogens with one attached hydrogen (secondary N) is 1. The number of benzene rings is 1. The number of rotatable bonds is 6. The van der Waals surface area contributed by atoms with Gasteiger partial charge >= 0.3 is 0 Å². The molecule has 3 aromatic rings. The zero-order chi connectivity index (χ0) is 16.9. The molecule has 24 heavy (non-hydrogen) atoms. The van der Waals surface area contributed by atoms with Crippen LogP contribution in [0.4, 0.5) is 0 Å². The van der Waals surface area contributed by atoms with Crippen LogP contribution in [-0.4, -0.2) is 17.5 Å². The van der Waals surface area contributed by atoms with E-state index in [-0.39, 0.29) is 11.9 Å². The third kappa shape index (κ3) is 3.30. The van der Waals surface area contributed by atoms with E-state index in [1.54, 1.807) is 36.9 Å². The van der Waals surface area contributed by atoms with Gasteiger partial charge in [-0.05, 0) is 42.8 Å². The number of amides is 1. The number of carbonyl (C=O) groups excluding carboxylic acids is 1. The van der Waals surface area contributed by atoms with Crippen molar-refractivity contribution in [1.29, 1.82) is 0 Å². The molecule has 1 atom stereocenters. The molecule has 0 aliphatic carbocycles. The van der Waals surface area contributed by atoms with Crippen molar-refractivity contribution in [3.63, 3.8) is 0 Å². The lowest BCUT2D eigenvalue weighted by atomic mass is 10.1. The summed E-state index contributed by atoms with van der Waals surface area (Å²) in [4.78, 5) is 16.6. The Morgan fingerprint density at radius 2 is 2.17 bits per heavy atom. The minimum atomic E-state index is -0.193. The number of furan rings is 1. The fourth-order valence-corrected chi connectivity index (χ4v) is 2.45. The fourth-order valence-electron chi connectivity index (χ4n) is 2.45.